The maximum Gasteiger partial charge on any atom is 0.0888 e. The third-order valence-electron chi connectivity index (χ3n) is 2.06. The van der Waals surface area contributed by atoms with Crippen LogP contribution in [0.1, 0.15) is 1.37 Å². The van der Waals surface area contributed by atoms with Crippen molar-refractivity contribution in [2.75, 3.05) is 0 Å². The zero-order valence-corrected chi connectivity index (χ0v) is 7.64. The normalized spacial score (nSPS) is 12.2. The Morgan fingerprint density at radius 1 is 1.15 bits per heavy atom. The number of rotatable bonds is 0. The Morgan fingerprint density at radius 2 is 2.08 bits per heavy atom. The van der Waals surface area contributed by atoms with E-state index in [1.807, 2.05) is 12.1 Å². The molecular formula is C11H7NS. The van der Waals surface area contributed by atoms with Crippen LogP contribution in [0, 0.1) is 0 Å². The zero-order chi connectivity index (χ0) is 9.54. The van der Waals surface area contributed by atoms with Gasteiger partial charge in [-0.05, 0) is 18.2 Å². The van der Waals surface area contributed by atoms with Crippen molar-refractivity contribution in [2.45, 2.75) is 0 Å². The minimum atomic E-state index is 0.566. The second-order valence-electron chi connectivity index (χ2n) is 2.87. The summed E-state index contributed by atoms with van der Waals surface area (Å²) in [5.74, 6) is 0. The number of pyridine rings is 1. The fraction of sp³-hybridized carbons (Fsp3) is 0. The second-order valence-corrected chi connectivity index (χ2v) is 3.92. The van der Waals surface area contributed by atoms with Crippen molar-refractivity contribution in [2.24, 2.45) is 0 Å². The van der Waals surface area contributed by atoms with Crippen molar-refractivity contribution in [1.82, 2.24) is 4.98 Å². The van der Waals surface area contributed by atoms with Crippen molar-refractivity contribution >= 4 is 31.6 Å². The summed E-state index contributed by atoms with van der Waals surface area (Å²) >= 11 is 1.64. The Hall–Kier alpha value is -1.41. The lowest BCUT2D eigenvalue weighted by molar-refractivity contribution is 1.44. The quantitative estimate of drug-likeness (QED) is 0.524. The standard InChI is InChI=1S/C11H7NS/c1-2-5-9-8(4-1)11-10(13-9)6-3-7-12-11/h1-7H/i6D. The molecule has 3 aromatic rings. The van der Waals surface area contributed by atoms with Crippen molar-refractivity contribution < 1.29 is 1.37 Å². The molecule has 1 aromatic carbocycles. The molecule has 0 bridgehead atoms. The first kappa shape index (κ1) is 6.11. The summed E-state index contributed by atoms with van der Waals surface area (Å²) in [5.41, 5.74) is 0.957. The van der Waals surface area contributed by atoms with E-state index in [1.54, 1.807) is 23.6 Å². The van der Waals surface area contributed by atoms with Crippen LogP contribution in [0.5, 0.6) is 0 Å². The van der Waals surface area contributed by atoms with Crippen LogP contribution in [0.3, 0.4) is 0 Å². The number of thiophene rings is 1. The summed E-state index contributed by atoms with van der Waals surface area (Å²) in [7, 11) is 0. The Balaban J connectivity index is 2.63. The molecule has 0 N–H and O–H groups in total. The van der Waals surface area contributed by atoms with Gasteiger partial charge in [0.1, 0.15) is 0 Å². The molecule has 0 saturated carbocycles. The smallest absolute Gasteiger partial charge is 0.0888 e. The Kier molecular flexibility index (Phi) is 1.19. The molecule has 0 aliphatic carbocycles. The van der Waals surface area contributed by atoms with E-state index in [9.17, 15) is 0 Å². The van der Waals surface area contributed by atoms with E-state index in [1.165, 1.54) is 4.70 Å². The molecule has 0 aliphatic rings. The van der Waals surface area contributed by atoms with Crippen LogP contribution in [-0.4, -0.2) is 4.98 Å². The summed E-state index contributed by atoms with van der Waals surface area (Å²) in [6.07, 6.45) is 1.70. The van der Waals surface area contributed by atoms with E-state index in [4.69, 9.17) is 1.37 Å². The highest BCUT2D eigenvalue weighted by molar-refractivity contribution is 7.25. The largest absolute Gasteiger partial charge is 0.255 e. The van der Waals surface area contributed by atoms with Gasteiger partial charge in [0.25, 0.3) is 0 Å². The molecule has 0 aliphatic heterocycles. The van der Waals surface area contributed by atoms with Gasteiger partial charge in [0, 0.05) is 16.3 Å². The molecule has 2 aromatic heterocycles. The van der Waals surface area contributed by atoms with Gasteiger partial charge in [-0.3, -0.25) is 4.98 Å². The number of nitrogens with zero attached hydrogens (tertiary/aromatic N) is 1. The Bertz CT molecular complexity index is 615. The summed E-state index contributed by atoms with van der Waals surface area (Å²) in [4.78, 5) is 4.32. The third kappa shape index (κ3) is 0.956. The number of benzene rings is 1. The van der Waals surface area contributed by atoms with Gasteiger partial charge in [-0.2, -0.15) is 0 Å². The second kappa shape index (κ2) is 2.54. The average molecular weight is 186 g/mol. The molecule has 2 heterocycles. The van der Waals surface area contributed by atoms with E-state index in [2.05, 4.69) is 17.1 Å². The van der Waals surface area contributed by atoms with Crippen molar-refractivity contribution in [3.8, 4) is 0 Å². The third-order valence-corrected chi connectivity index (χ3v) is 3.15. The van der Waals surface area contributed by atoms with Crippen LogP contribution < -0.4 is 0 Å². The first-order valence-corrected chi connectivity index (χ1v) is 4.91. The Labute approximate surface area is 81.1 Å². The molecule has 3 rings (SSSR count). The topological polar surface area (TPSA) is 12.9 Å². The van der Waals surface area contributed by atoms with E-state index in [-0.39, 0.29) is 0 Å². The number of fused-ring (bicyclic) bond motifs is 3. The van der Waals surface area contributed by atoms with E-state index in [0.29, 0.717) is 6.04 Å². The number of aromatic nitrogens is 1. The van der Waals surface area contributed by atoms with E-state index in [0.717, 1.165) is 15.6 Å². The maximum absolute atomic E-state index is 7.77. The van der Waals surface area contributed by atoms with Gasteiger partial charge in [-0.25, -0.2) is 0 Å². The Morgan fingerprint density at radius 3 is 3.08 bits per heavy atom. The minimum Gasteiger partial charge on any atom is -0.255 e. The van der Waals surface area contributed by atoms with Crippen LogP contribution in [0.15, 0.2) is 42.6 Å². The predicted molar refractivity (Wildman–Crippen MR) is 57.1 cm³/mol. The zero-order valence-electron chi connectivity index (χ0n) is 7.82. The first-order chi connectivity index (χ1) is 6.86. The molecule has 0 saturated heterocycles. The maximum atomic E-state index is 7.77. The lowest BCUT2D eigenvalue weighted by atomic mass is 10.2. The van der Waals surface area contributed by atoms with Crippen LogP contribution in [-0.2, 0) is 0 Å². The lowest BCUT2D eigenvalue weighted by Gasteiger charge is -1.87. The summed E-state index contributed by atoms with van der Waals surface area (Å²) < 4.78 is 9.95. The van der Waals surface area contributed by atoms with E-state index >= 15 is 0 Å². The predicted octanol–water partition coefficient (Wildman–Crippen LogP) is 3.45. The fourth-order valence-electron chi connectivity index (χ4n) is 1.48. The van der Waals surface area contributed by atoms with Gasteiger partial charge >= 0.3 is 0 Å². The van der Waals surface area contributed by atoms with Crippen molar-refractivity contribution in [3.63, 3.8) is 0 Å². The number of hydrogen-bond donors (Lipinski definition) is 0. The molecule has 0 spiro atoms. The van der Waals surface area contributed by atoms with Crippen LogP contribution in [0.25, 0.3) is 20.3 Å². The molecule has 2 heteroatoms. The molecule has 1 nitrogen and oxygen atoms in total. The highest BCUT2D eigenvalue weighted by atomic mass is 32.1. The van der Waals surface area contributed by atoms with Gasteiger partial charge in [0.2, 0.25) is 0 Å². The molecule has 0 fully saturated rings. The molecule has 62 valence electrons. The highest BCUT2D eigenvalue weighted by Crippen LogP contribution is 2.31. The fourth-order valence-corrected chi connectivity index (χ4v) is 2.51. The van der Waals surface area contributed by atoms with Gasteiger partial charge in [0.15, 0.2) is 0 Å². The highest BCUT2D eigenvalue weighted by Gasteiger charge is 2.02. The minimum absolute atomic E-state index is 0.566. The van der Waals surface area contributed by atoms with E-state index < -0.39 is 0 Å². The number of hydrogen-bond acceptors (Lipinski definition) is 2. The molecule has 13 heavy (non-hydrogen) atoms. The molecule has 0 unspecified atom stereocenters. The van der Waals surface area contributed by atoms with Crippen molar-refractivity contribution in [1.29, 1.82) is 0 Å². The molecule has 0 amide bonds. The SMILES string of the molecule is [2H]c1ccnc2c1sc1ccccc12. The van der Waals surface area contributed by atoms with Gasteiger partial charge in [-0.15, -0.1) is 11.3 Å². The van der Waals surface area contributed by atoms with Gasteiger partial charge in [0.05, 0.1) is 11.6 Å². The van der Waals surface area contributed by atoms with Crippen LogP contribution in [0.4, 0.5) is 0 Å². The molecular weight excluding hydrogens is 178 g/mol. The van der Waals surface area contributed by atoms with Crippen LogP contribution >= 0.6 is 11.3 Å². The van der Waals surface area contributed by atoms with Gasteiger partial charge in [-0.1, -0.05) is 18.2 Å². The molecule has 0 radical (unpaired) electrons. The lowest BCUT2D eigenvalue weighted by Crippen LogP contribution is -1.69. The van der Waals surface area contributed by atoms with Gasteiger partial charge < -0.3 is 0 Å². The first-order valence-electron chi connectivity index (χ1n) is 4.59. The molecule has 0 atom stereocenters. The van der Waals surface area contributed by atoms with Crippen molar-refractivity contribution in [3.05, 3.63) is 42.6 Å². The average Bonchev–Trinajstić information content (AvgIpc) is 2.59. The summed E-state index contributed by atoms with van der Waals surface area (Å²) in [6, 6.07) is 10.4. The van der Waals surface area contributed by atoms with Crippen LogP contribution in [0.2, 0.25) is 0 Å². The summed E-state index contributed by atoms with van der Waals surface area (Å²) in [6.45, 7) is 0. The monoisotopic (exact) mass is 186 g/mol. The summed E-state index contributed by atoms with van der Waals surface area (Å²) in [5, 5.41) is 1.15.